The second kappa shape index (κ2) is 11.9. The topological polar surface area (TPSA) is 82.0 Å². The van der Waals surface area contributed by atoms with E-state index in [1.807, 2.05) is 42.5 Å². The summed E-state index contributed by atoms with van der Waals surface area (Å²) in [6.07, 6.45) is 4.16. The minimum atomic E-state index is -0.654. The van der Waals surface area contributed by atoms with Crippen LogP contribution in [-0.2, 0) is 16.0 Å². The summed E-state index contributed by atoms with van der Waals surface area (Å²) in [6.45, 7) is 4.42. The van der Waals surface area contributed by atoms with E-state index < -0.39 is 6.04 Å². The van der Waals surface area contributed by atoms with Gasteiger partial charge in [0.2, 0.25) is 11.8 Å². The molecule has 0 aliphatic heterocycles. The largest absolute Gasteiger partial charge is 0.353 e. The molecule has 5 heteroatoms. The van der Waals surface area contributed by atoms with Crippen LogP contribution in [0.2, 0.25) is 0 Å². The highest BCUT2D eigenvalue weighted by Crippen LogP contribution is 2.18. The van der Waals surface area contributed by atoms with Gasteiger partial charge in [-0.05, 0) is 29.2 Å². The standard InChI is InChI=1S/C24H31N3O2/c1-3-8-20(9-4-2)23(28)27-22(24(29)26-15-7-14-25)17-18-12-13-19-10-5-6-11-21(19)16-18/h5-6,10-13,16,20,22H,3-4,7-9,15,17H2,1-2H3,(H,26,29)(H,27,28). The van der Waals surface area contributed by atoms with E-state index in [1.54, 1.807) is 0 Å². The molecular formula is C24H31N3O2. The number of amides is 2. The molecule has 0 heterocycles. The Kier molecular flexibility index (Phi) is 9.17. The maximum Gasteiger partial charge on any atom is 0.242 e. The van der Waals surface area contributed by atoms with Crippen molar-refractivity contribution in [2.45, 2.75) is 58.4 Å². The second-order valence-corrected chi connectivity index (χ2v) is 7.42. The van der Waals surface area contributed by atoms with Gasteiger partial charge in [-0.25, -0.2) is 0 Å². The molecule has 0 fully saturated rings. The van der Waals surface area contributed by atoms with Crippen LogP contribution in [0.5, 0.6) is 0 Å². The Morgan fingerprint density at radius 1 is 1.00 bits per heavy atom. The van der Waals surface area contributed by atoms with Crippen molar-refractivity contribution in [1.82, 2.24) is 10.6 Å². The number of benzene rings is 2. The molecule has 0 spiro atoms. The molecular weight excluding hydrogens is 362 g/mol. The van der Waals surface area contributed by atoms with Gasteiger partial charge in [-0.15, -0.1) is 0 Å². The summed E-state index contributed by atoms with van der Waals surface area (Å²) >= 11 is 0. The highest BCUT2D eigenvalue weighted by Gasteiger charge is 2.25. The molecule has 2 aromatic carbocycles. The number of carbonyl (C=O) groups is 2. The quantitative estimate of drug-likeness (QED) is 0.564. The van der Waals surface area contributed by atoms with Gasteiger partial charge in [-0.3, -0.25) is 9.59 Å². The van der Waals surface area contributed by atoms with Crippen LogP contribution in [0.15, 0.2) is 42.5 Å². The minimum Gasteiger partial charge on any atom is -0.353 e. The normalized spacial score (nSPS) is 11.8. The number of carbonyl (C=O) groups excluding carboxylic acids is 2. The van der Waals surface area contributed by atoms with Crippen molar-refractivity contribution in [3.8, 4) is 6.07 Å². The Hall–Kier alpha value is -2.87. The lowest BCUT2D eigenvalue weighted by molar-refractivity contribution is -0.131. The van der Waals surface area contributed by atoms with Crippen LogP contribution in [0, 0.1) is 17.2 Å². The molecule has 0 saturated carbocycles. The molecule has 2 aromatic rings. The van der Waals surface area contributed by atoms with E-state index in [-0.39, 0.29) is 30.7 Å². The van der Waals surface area contributed by atoms with Crippen molar-refractivity contribution in [2.75, 3.05) is 6.54 Å². The number of fused-ring (bicyclic) bond motifs is 1. The fourth-order valence-electron chi connectivity index (χ4n) is 3.57. The van der Waals surface area contributed by atoms with E-state index in [2.05, 4.69) is 30.5 Å². The van der Waals surface area contributed by atoms with Crippen LogP contribution >= 0.6 is 0 Å². The fourth-order valence-corrected chi connectivity index (χ4v) is 3.57. The number of nitrogens with one attached hydrogen (secondary N) is 2. The molecule has 2 amide bonds. The van der Waals surface area contributed by atoms with Gasteiger partial charge in [-0.2, -0.15) is 5.26 Å². The fraction of sp³-hybridized carbons (Fsp3) is 0.458. The smallest absolute Gasteiger partial charge is 0.242 e. The van der Waals surface area contributed by atoms with Crippen molar-refractivity contribution < 1.29 is 9.59 Å². The van der Waals surface area contributed by atoms with E-state index >= 15 is 0 Å². The summed E-state index contributed by atoms with van der Waals surface area (Å²) in [5.41, 5.74) is 0.993. The van der Waals surface area contributed by atoms with Crippen LogP contribution in [0.3, 0.4) is 0 Å². The predicted molar refractivity (Wildman–Crippen MR) is 116 cm³/mol. The van der Waals surface area contributed by atoms with Crippen molar-refractivity contribution in [2.24, 2.45) is 5.92 Å². The van der Waals surface area contributed by atoms with E-state index in [0.29, 0.717) is 6.42 Å². The average molecular weight is 394 g/mol. The summed E-state index contributed by atoms with van der Waals surface area (Å²) in [4.78, 5) is 25.6. The molecule has 2 rings (SSSR count). The maximum atomic E-state index is 12.8. The third-order valence-electron chi connectivity index (χ3n) is 5.07. The van der Waals surface area contributed by atoms with E-state index in [4.69, 9.17) is 5.26 Å². The first-order chi connectivity index (χ1) is 14.1. The van der Waals surface area contributed by atoms with Crippen LogP contribution in [0.4, 0.5) is 0 Å². The Balaban J connectivity index is 2.17. The molecule has 0 aliphatic carbocycles. The molecule has 0 saturated heterocycles. The van der Waals surface area contributed by atoms with Gasteiger partial charge in [0.25, 0.3) is 0 Å². The Bertz CT molecular complexity index is 851. The zero-order valence-corrected chi connectivity index (χ0v) is 17.4. The molecule has 5 nitrogen and oxygen atoms in total. The third kappa shape index (κ3) is 6.90. The summed E-state index contributed by atoms with van der Waals surface area (Å²) < 4.78 is 0. The summed E-state index contributed by atoms with van der Waals surface area (Å²) in [5.74, 6) is -0.376. The van der Waals surface area contributed by atoms with Crippen molar-refractivity contribution in [3.05, 3.63) is 48.0 Å². The van der Waals surface area contributed by atoms with Crippen LogP contribution < -0.4 is 10.6 Å². The molecule has 0 aliphatic rings. The number of hydrogen-bond donors (Lipinski definition) is 2. The summed E-state index contributed by atoms with van der Waals surface area (Å²) in [7, 11) is 0. The SMILES string of the molecule is CCCC(CCC)C(=O)NC(Cc1ccc2ccccc2c1)C(=O)NCCC#N. The molecule has 0 aromatic heterocycles. The van der Waals surface area contributed by atoms with E-state index in [1.165, 1.54) is 0 Å². The average Bonchev–Trinajstić information content (AvgIpc) is 2.73. The molecule has 0 radical (unpaired) electrons. The first-order valence-electron chi connectivity index (χ1n) is 10.5. The zero-order chi connectivity index (χ0) is 21.1. The summed E-state index contributed by atoms with van der Waals surface area (Å²) in [6, 6.07) is 15.5. The predicted octanol–water partition coefficient (Wildman–Crippen LogP) is 4.11. The minimum absolute atomic E-state index is 0.0603. The van der Waals surface area contributed by atoms with Crippen molar-refractivity contribution in [3.63, 3.8) is 0 Å². The molecule has 0 bridgehead atoms. The van der Waals surface area contributed by atoms with Crippen LogP contribution in [0.25, 0.3) is 10.8 Å². The lowest BCUT2D eigenvalue weighted by Crippen LogP contribution is -2.49. The van der Waals surface area contributed by atoms with Crippen LogP contribution in [0.1, 0.15) is 51.5 Å². The number of nitriles is 1. The third-order valence-corrected chi connectivity index (χ3v) is 5.07. The highest BCUT2D eigenvalue weighted by atomic mass is 16.2. The van der Waals surface area contributed by atoms with Crippen molar-refractivity contribution >= 4 is 22.6 Å². The molecule has 1 atom stereocenters. The Morgan fingerprint density at radius 2 is 1.69 bits per heavy atom. The molecule has 29 heavy (non-hydrogen) atoms. The lowest BCUT2D eigenvalue weighted by Gasteiger charge is -2.22. The van der Waals surface area contributed by atoms with Gasteiger partial charge in [-0.1, -0.05) is 69.2 Å². The van der Waals surface area contributed by atoms with Gasteiger partial charge in [0, 0.05) is 18.9 Å². The zero-order valence-electron chi connectivity index (χ0n) is 17.4. The van der Waals surface area contributed by atoms with Gasteiger partial charge >= 0.3 is 0 Å². The van der Waals surface area contributed by atoms with Crippen molar-refractivity contribution in [1.29, 1.82) is 5.26 Å². The highest BCUT2D eigenvalue weighted by molar-refractivity contribution is 5.89. The Labute approximate surface area is 173 Å². The first kappa shape index (κ1) is 22.4. The Morgan fingerprint density at radius 3 is 2.34 bits per heavy atom. The molecule has 1 unspecified atom stereocenters. The van der Waals surface area contributed by atoms with E-state index in [9.17, 15) is 9.59 Å². The van der Waals surface area contributed by atoms with Crippen LogP contribution in [-0.4, -0.2) is 24.4 Å². The van der Waals surface area contributed by atoms with Gasteiger partial charge < -0.3 is 10.6 Å². The maximum absolute atomic E-state index is 12.8. The second-order valence-electron chi connectivity index (χ2n) is 7.42. The molecule has 154 valence electrons. The van der Waals surface area contributed by atoms with Gasteiger partial charge in [0.1, 0.15) is 6.04 Å². The number of nitrogens with zero attached hydrogens (tertiary/aromatic N) is 1. The summed E-state index contributed by atoms with van der Waals surface area (Å²) in [5, 5.41) is 16.7. The first-order valence-corrected chi connectivity index (χ1v) is 10.5. The van der Waals surface area contributed by atoms with Gasteiger partial charge in [0.05, 0.1) is 12.5 Å². The molecule has 2 N–H and O–H groups in total. The number of rotatable bonds is 11. The van der Waals surface area contributed by atoms with Gasteiger partial charge in [0.15, 0.2) is 0 Å². The number of hydrogen-bond acceptors (Lipinski definition) is 3. The lowest BCUT2D eigenvalue weighted by atomic mass is 9.96. The monoisotopic (exact) mass is 393 g/mol. The van der Waals surface area contributed by atoms with E-state index in [0.717, 1.165) is 42.0 Å².